The van der Waals surface area contributed by atoms with Crippen molar-refractivity contribution in [1.29, 1.82) is 0 Å². The predicted octanol–water partition coefficient (Wildman–Crippen LogP) is 3.43. The maximum atomic E-state index is 12.6. The number of methoxy groups -OCH3 is 1. The van der Waals surface area contributed by atoms with Gasteiger partial charge in [-0.3, -0.25) is 19.2 Å². The summed E-state index contributed by atoms with van der Waals surface area (Å²) in [4.78, 5) is 48.9. The Morgan fingerprint density at radius 1 is 0.561 bits per heavy atom. The van der Waals surface area contributed by atoms with E-state index >= 15 is 0 Å². The molecule has 13 heteroatoms. The molecule has 0 bridgehead atoms. The Balaban J connectivity index is 4.41. The van der Waals surface area contributed by atoms with Crippen molar-refractivity contribution in [3.8, 4) is 0 Å². The molecule has 0 aliphatic carbocycles. The van der Waals surface area contributed by atoms with Gasteiger partial charge in [0.1, 0.15) is 0 Å². The molecule has 0 aromatic heterocycles. The van der Waals surface area contributed by atoms with Crippen LogP contribution in [0.2, 0.25) is 0 Å². The summed E-state index contributed by atoms with van der Waals surface area (Å²) in [7, 11) is 1.69. The third kappa shape index (κ3) is 28.4. The smallest absolute Gasteiger partial charge is 0.222 e. The molecule has 0 rings (SSSR count). The second kappa shape index (κ2) is 29.9. The van der Waals surface area contributed by atoms with Gasteiger partial charge >= 0.3 is 0 Å². The highest BCUT2D eigenvalue weighted by Crippen LogP contribution is 2.07. The number of hydrogen-bond donors (Lipinski definition) is 6. The van der Waals surface area contributed by atoms with Gasteiger partial charge in [-0.05, 0) is 90.0 Å². The van der Waals surface area contributed by atoms with Crippen LogP contribution < -0.4 is 21.3 Å². The minimum absolute atomic E-state index is 0.00869. The lowest BCUT2D eigenvalue weighted by Crippen LogP contribution is -2.39. The normalized spacial score (nSPS) is 11.6. The molecule has 0 aromatic carbocycles. The van der Waals surface area contributed by atoms with E-state index in [4.69, 9.17) is 8.92 Å². The van der Waals surface area contributed by atoms with Crippen molar-refractivity contribution in [2.45, 2.75) is 109 Å². The van der Waals surface area contributed by atoms with E-state index in [1.54, 1.807) is 7.11 Å². The maximum Gasteiger partial charge on any atom is 0.222 e. The van der Waals surface area contributed by atoms with Crippen molar-refractivity contribution >= 4 is 49.4 Å². The molecule has 1 atom stereocenters. The van der Waals surface area contributed by atoms with Crippen molar-refractivity contribution < 1.29 is 32.3 Å². The Hall–Kier alpha value is -1.54. The van der Waals surface area contributed by atoms with Crippen molar-refractivity contribution in [2.24, 2.45) is 0 Å². The summed E-state index contributed by atoms with van der Waals surface area (Å²) in [6.45, 7) is 3.37. The highest BCUT2D eigenvalue weighted by Gasteiger charge is 2.16. The summed E-state index contributed by atoms with van der Waals surface area (Å²) >= 11 is 7.36. The summed E-state index contributed by atoms with van der Waals surface area (Å²) in [6.07, 6.45) is 11.1. The van der Waals surface area contributed by atoms with Crippen LogP contribution >= 0.6 is 25.8 Å². The fourth-order valence-electron chi connectivity index (χ4n) is 4.08. The largest absolute Gasteiger partial charge is 0.385 e. The lowest BCUT2D eigenvalue weighted by atomic mass is 10.0. The quantitative estimate of drug-likeness (QED) is 0.0426. The first kappa shape index (κ1) is 39.5. The third-order valence-corrected chi connectivity index (χ3v) is 6.74. The minimum Gasteiger partial charge on any atom is -0.385 e. The average molecular weight is 623 g/mol. The molecule has 1 unspecified atom stereocenters. The van der Waals surface area contributed by atoms with Crippen LogP contribution in [-0.2, 0) is 32.3 Å². The number of ether oxygens (including phenoxy) is 1. The van der Waals surface area contributed by atoms with E-state index < -0.39 is 0 Å². The van der Waals surface area contributed by atoms with Gasteiger partial charge in [0.05, 0.1) is 13.2 Å². The Morgan fingerprint density at radius 3 is 1.63 bits per heavy atom. The third-order valence-electron chi connectivity index (χ3n) is 6.38. The number of thiol groups is 2. The molecule has 11 nitrogen and oxygen atoms in total. The molecule has 41 heavy (non-hydrogen) atoms. The van der Waals surface area contributed by atoms with E-state index in [2.05, 4.69) is 51.3 Å². The van der Waals surface area contributed by atoms with E-state index in [1.165, 1.54) is 0 Å². The topological polar surface area (TPSA) is 144 Å². The zero-order chi connectivity index (χ0) is 30.4. The van der Waals surface area contributed by atoms with Crippen molar-refractivity contribution in [2.75, 3.05) is 46.6 Å². The van der Waals surface area contributed by atoms with Crippen molar-refractivity contribution in [1.82, 2.24) is 21.3 Å². The maximum absolute atomic E-state index is 12.6. The summed E-state index contributed by atoms with van der Waals surface area (Å²) in [5, 5.41) is 11.7. The van der Waals surface area contributed by atoms with Crippen LogP contribution in [0.1, 0.15) is 103 Å². The molecule has 0 aromatic rings. The Labute approximate surface area is 258 Å². The fourth-order valence-corrected chi connectivity index (χ4v) is 4.33. The average Bonchev–Trinajstić information content (AvgIpc) is 2.95. The molecular weight excluding hydrogens is 568 g/mol. The molecule has 0 spiro atoms. The summed E-state index contributed by atoms with van der Waals surface area (Å²) in [5.41, 5.74) is 0. The molecule has 240 valence electrons. The second-order valence-corrected chi connectivity index (χ2v) is 10.6. The lowest BCUT2D eigenvalue weighted by Gasteiger charge is -2.19. The monoisotopic (exact) mass is 622 g/mol. The van der Waals surface area contributed by atoms with E-state index in [0.717, 1.165) is 70.8 Å². The van der Waals surface area contributed by atoms with Crippen LogP contribution in [0.5, 0.6) is 0 Å². The lowest BCUT2D eigenvalue weighted by molar-refractivity contribution is -0.124. The fraction of sp³-hybridized carbons (Fsp3) is 0.857. The van der Waals surface area contributed by atoms with Gasteiger partial charge in [0.2, 0.25) is 23.6 Å². The van der Waals surface area contributed by atoms with Gasteiger partial charge in [-0.2, -0.15) is 0 Å². The standard InChI is InChI=1S/C28H54N4O7S2/c1-37-20-9-3-2-7-17-31-28(36)23-24(13-4-8-18-29-25(33)14-5-10-21-38-40)32-27(35)16-12-19-30-26(34)15-6-11-22-39-41/h24,40-41H,2-23H2,1H3,(H,29,33)(H,30,34)(H,31,36)(H,32,35). The van der Waals surface area contributed by atoms with Gasteiger partial charge in [0.25, 0.3) is 0 Å². The first-order valence-corrected chi connectivity index (χ1v) is 15.8. The Morgan fingerprint density at radius 2 is 1.05 bits per heavy atom. The van der Waals surface area contributed by atoms with Gasteiger partial charge in [-0.25, -0.2) is 0 Å². The number of unbranched alkanes of at least 4 members (excludes halogenated alkanes) is 6. The highest BCUT2D eigenvalue weighted by molar-refractivity contribution is 7.75. The number of amides is 4. The Bertz CT molecular complexity index is 690. The van der Waals surface area contributed by atoms with Gasteiger partial charge in [-0.15, -0.1) is 0 Å². The first-order valence-electron chi connectivity index (χ1n) is 15.0. The molecule has 4 N–H and O–H groups in total. The highest BCUT2D eigenvalue weighted by atomic mass is 32.1. The van der Waals surface area contributed by atoms with Crippen LogP contribution in [0.4, 0.5) is 0 Å². The molecule has 0 fully saturated rings. The number of carbonyl (C=O) groups is 4. The zero-order valence-corrected chi connectivity index (χ0v) is 26.7. The van der Waals surface area contributed by atoms with Gasteiger partial charge < -0.3 is 34.4 Å². The van der Waals surface area contributed by atoms with Crippen molar-refractivity contribution in [3.05, 3.63) is 0 Å². The first-order chi connectivity index (χ1) is 19.9. The number of hydrogen-bond acceptors (Lipinski definition) is 9. The van der Waals surface area contributed by atoms with Crippen LogP contribution in [0.25, 0.3) is 0 Å². The van der Waals surface area contributed by atoms with E-state index in [0.29, 0.717) is 58.5 Å². The Kier molecular flexibility index (Phi) is 28.8. The summed E-state index contributed by atoms with van der Waals surface area (Å²) < 4.78 is 14.4. The molecule has 0 saturated heterocycles. The minimum atomic E-state index is -0.287. The van der Waals surface area contributed by atoms with Gasteiger partial charge in [-0.1, -0.05) is 12.8 Å². The van der Waals surface area contributed by atoms with Crippen LogP contribution in [0.15, 0.2) is 0 Å². The SMILES string of the molecule is COCCCCCCNC(=O)CC(CCCCNC(=O)CCCCOS)NC(=O)CCCNC(=O)CCCCOS. The van der Waals surface area contributed by atoms with Crippen molar-refractivity contribution in [3.63, 3.8) is 0 Å². The second-order valence-electron chi connectivity index (χ2n) is 10.1. The van der Waals surface area contributed by atoms with Crippen LogP contribution in [0.3, 0.4) is 0 Å². The predicted molar refractivity (Wildman–Crippen MR) is 167 cm³/mol. The molecular formula is C28H54N4O7S2. The molecule has 0 heterocycles. The van der Waals surface area contributed by atoms with Gasteiger partial charge in [0.15, 0.2) is 0 Å². The van der Waals surface area contributed by atoms with Gasteiger partial charge in [0, 0.05) is 65.1 Å². The van der Waals surface area contributed by atoms with Crippen LogP contribution in [0, 0.1) is 0 Å². The van der Waals surface area contributed by atoms with Crippen LogP contribution in [-0.4, -0.2) is 76.2 Å². The molecule has 0 saturated carbocycles. The number of carbonyl (C=O) groups excluding carboxylic acids is 4. The zero-order valence-electron chi connectivity index (χ0n) is 24.9. The summed E-state index contributed by atoms with van der Waals surface area (Å²) in [5.74, 6) is -0.258. The molecule has 0 aliphatic rings. The van der Waals surface area contributed by atoms with E-state index in [-0.39, 0.29) is 42.5 Å². The van der Waals surface area contributed by atoms with E-state index in [9.17, 15) is 19.2 Å². The molecule has 4 amide bonds. The summed E-state index contributed by atoms with van der Waals surface area (Å²) in [6, 6.07) is -0.287. The number of rotatable bonds is 29. The van der Waals surface area contributed by atoms with E-state index in [1.807, 2.05) is 0 Å². The number of nitrogens with one attached hydrogen (secondary N) is 4. The molecule has 0 radical (unpaired) electrons. The molecule has 0 aliphatic heterocycles.